The summed E-state index contributed by atoms with van der Waals surface area (Å²) in [5, 5.41) is 0. The highest BCUT2D eigenvalue weighted by atomic mass is 32.2. The topological polar surface area (TPSA) is 76.2 Å². The van der Waals surface area contributed by atoms with Crippen molar-refractivity contribution in [1.82, 2.24) is 0 Å². The molecule has 2 bridgehead atoms. The number of amides is 1. The van der Waals surface area contributed by atoms with Crippen molar-refractivity contribution in [3.63, 3.8) is 0 Å². The summed E-state index contributed by atoms with van der Waals surface area (Å²) in [6.45, 7) is 1.62. The molecule has 3 atom stereocenters. The summed E-state index contributed by atoms with van der Waals surface area (Å²) in [5.41, 5.74) is 1.88. The van der Waals surface area contributed by atoms with Crippen molar-refractivity contribution in [1.29, 1.82) is 0 Å². The van der Waals surface area contributed by atoms with Crippen molar-refractivity contribution in [2.45, 2.75) is 42.8 Å². The van der Waals surface area contributed by atoms with Crippen LogP contribution in [0.25, 0.3) is 0 Å². The Hall–Kier alpha value is -2.30. The van der Waals surface area contributed by atoms with Crippen molar-refractivity contribution in [3.05, 3.63) is 53.8 Å². The molecule has 0 saturated carbocycles. The lowest BCUT2D eigenvalue weighted by molar-refractivity contribution is 0.107. The number of benzene rings is 2. The summed E-state index contributed by atoms with van der Waals surface area (Å²) >= 11 is 1.92. The molecule has 5 rings (SSSR count). The minimum Gasteiger partial charge on any atom is -0.441 e. The van der Waals surface area contributed by atoms with Gasteiger partial charge in [-0.15, -0.1) is 0 Å². The molecule has 0 aliphatic carbocycles. The molecular formula is C23H25FN2O5S2. The molecular weight excluding hydrogens is 467 g/mol. The quantitative estimate of drug-likeness (QED) is 0.565. The predicted octanol–water partition coefficient (Wildman–Crippen LogP) is 3.95. The van der Waals surface area contributed by atoms with Crippen LogP contribution < -0.4 is 9.80 Å². The Morgan fingerprint density at radius 2 is 1.82 bits per heavy atom. The molecule has 33 heavy (non-hydrogen) atoms. The van der Waals surface area contributed by atoms with Gasteiger partial charge in [-0.1, -0.05) is 17.7 Å². The molecule has 0 aromatic heterocycles. The molecule has 3 unspecified atom stereocenters. The fraction of sp³-hybridized carbons (Fsp3) is 0.435. The third-order valence-electron chi connectivity index (χ3n) is 6.35. The number of halogens is 1. The summed E-state index contributed by atoms with van der Waals surface area (Å²) in [6.07, 6.45) is 0.711. The molecule has 3 heterocycles. The largest absolute Gasteiger partial charge is 0.441 e. The van der Waals surface area contributed by atoms with E-state index in [4.69, 9.17) is 8.92 Å². The van der Waals surface area contributed by atoms with Crippen LogP contribution in [-0.4, -0.2) is 57.4 Å². The van der Waals surface area contributed by atoms with Crippen LogP contribution in [0.4, 0.5) is 20.6 Å². The van der Waals surface area contributed by atoms with Crippen molar-refractivity contribution in [2.75, 3.05) is 34.5 Å². The molecule has 3 aliphatic heterocycles. The van der Waals surface area contributed by atoms with E-state index < -0.39 is 22.3 Å². The van der Waals surface area contributed by atoms with Crippen molar-refractivity contribution < 1.29 is 26.5 Å². The lowest BCUT2D eigenvalue weighted by atomic mass is 10.2. The van der Waals surface area contributed by atoms with E-state index in [1.54, 1.807) is 24.3 Å². The Kier molecular flexibility index (Phi) is 6.00. The highest BCUT2D eigenvalue weighted by Gasteiger charge is 2.39. The molecule has 2 aromatic rings. The van der Waals surface area contributed by atoms with Crippen molar-refractivity contribution in [3.8, 4) is 0 Å². The normalized spacial score (nSPS) is 24.9. The first-order valence-electron chi connectivity index (χ1n) is 10.9. The molecule has 0 N–H and O–H groups in total. The Labute approximate surface area is 197 Å². The van der Waals surface area contributed by atoms with E-state index in [0.29, 0.717) is 23.5 Å². The highest BCUT2D eigenvalue weighted by molar-refractivity contribution is 7.99. The summed E-state index contributed by atoms with van der Waals surface area (Å²) in [5.74, 6) is 1.64. The van der Waals surface area contributed by atoms with E-state index in [2.05, 4.69) is 4.90 Å². The Balaban J connectivity index is 1.25. The van der Waals surface area contributed by atoms with Gasteiger partial charge < -0.3 is 9.64 Å². The number of nitrogens with zero attached hydrogens (tertiary/aromatic N) is 2. The number of hydrogen-bond donors (Lipinski definition) is 0. The van der Waals surface area contributed by atoms with Gasteiger partial charge in [0.2, 0.25) is 0 Å². The maximum Gasteiger partial charge on any atom is 0.414 e. The molecule has 3 saturated heterocycles. The first-order chi connectivity index (χ1) is 15.8. The fourth-order valence-corrected chi connectivity index (χ4v) is 6.92. The van der Waals surface area contributed by atoms with Gasteiger partial charge in [-0.2, -0.15) is 20.2 Å². The van der Waals surface area contributed by atoms with E-state index >= 15 is 4.39 Å². The van der Waals surface area contributed by atoms with Crippen LogP contribution in [0.15, 0.2) is 47.4 Å². The van der Waals surface area contributed by atoms with Crippen molar-refractivity contribution in [2.24, 2.45) is 0 Å². The summed E-state index contributed by atoms with van der Waals surface area (Å²) < 4.78 is 50.2. The third-order valence-corrected chi connectivity index (χ3v) is 8.89. The molecule has 3 fully saturated rings. The Morgan fingerprint density at radius 3 is 2.48 bits per heavy atom. The first-order valence-corrected chi connectivity index (χ1v) is 13.5. The van der Waals surface area contributed by atoms with E-state index in [0.717, 1.165) is 29.9 Å². The molecule has 1 amide bonds. The minimum absolute atomic E-state index is 0.0389. The predicted molar refractivity (Wildman–Crippen MR) is 125 cm³/mol. The van der Waals surface area contributed by atoms with Crippen LogP contribution in [-0.2, 0) is 19.0 Å². The number of thioether (sulfide) groups is 1. The number of carbonyl (C=O) groups excluding carboxylic acids is 1. The lowest BCUT2D eigenvalue weighted by Crippen LogP contribution is -2.43. The smallest absolute Gasteiger partial charge is 0.414 e. The van der Waals surface area contributed by atoms with E-state index in [-0.39, 0.29) is 23.9 Å². The van der Waals surface area contributed by atoms with Crippen molar-refractivity contribution >= 4 is 39.3 Å². The number of aryl methyl sites for hydroxylation is 1. The summed E-state index contributed by atoms with van der Waals surface area (Å²) in [4.78, 5) is 15.9. The van der Waals surface area contributed by atoms with Crippen LogP contribution in [0.5, 0.6) is 0 Å². The maximum atomic E-state index is 15.1. The minimum atomic E-state index is -3.97. The molecule has 176 valence electrons. The molecule has 7 nitrogen and oxygen atoms in total. The average Bonchev–Trinajstić information content (AvgIpc) is 3.27. The van der Waals surface area contributed by atoms with Gasteiger partial charge >= 0.3 is 6.09 Å². The second-order valence-corrected chi connectivity index (χ2v) is 11.3. The zero-order valence-corrected chi connectivity index (χ0v) is 19.8. The highest BCUT2D eigenvalue weighted by Crippen LogP contribution is 2.40. The van der Waals surface area contributed by atoms with Gasteiger partial charge in [-0.25, -0.2) is 9.18 Å². The number of anilines is 2. The van der Waals surface area contributed by atoms with Crippen LogP contribution in [0.2, 0.25) is 0 Å². The molecule has 0 spiro atoms. The fourth-order valence-electron chi connectivity index (χ4n) is 4.65. The molecule has 0 radical (unpaired) electrons. The Morgan fingerprint density at radius 1 is 1.12 bits per heavy atom. The summed E-state index contributed by atoms with van der Waals surface area (Å²) in [7, 11) is -3.97. The van der Waals surface area contributed by atoms with E-state index in [1.165, 1.54) is 23.1 Å². The van der Waals surface area contributed by atoms with Crippen LogP contribution >= 0.6 is 11.8 Å². The van der Waals surface area contributed by atoms with Gasteiger partial charge in [0.1, 0.15) is 18.5 Å². The number of fused-ring (bicyclic) bond motifs is 2. The average molecular weight is 493 g/mol. The molecule has 2 aromatic carbocycles. The van der Waals surface area contributed by atoms with Gasteiger partial charge in [-0.05, 0) is 50.1 Å². The van der Waals surface area contributed by atoms with Gasteiger partial charge in [0.05, 0.1) is 22.8 Å². The second-order valence-electron chi connectivity index (χ2n) is 8.63. The second kappa shape index (κ2) is 8.81. The van der Waals surface area contributed by atoms with Crippen LogP contribution in [0.1, 0.15) is 18.4 Å². The van der Waals surface area contributed by atoms with Crippen LogP contribution in [0.3, 0.4) is 0 Å². The molecule has 10 heteroatoms. The summed E-state index contributed by atoms with van der Waals surface area (Å²) in [6, 6.07) is 11.8. The number of ether oxygens (including phenoxy) is 1. The van der Waals surface area contributed by atoms with Gasteiger partial charge in [-0.3, -0.25) is 9.08 Å². The van der Waals surface area contributed by atoms with E-state index in [1.807, 2.05) is 18.7 Å². The molecule has 3 aliphatic rings. The number of cyclic esters (lactones) is 1. The van der Waals surface area contributed by atoms with Crippen LogP contribution in [0, 0.1) is 12.7 Å². The maximum absolute atomic E-state index is 15.1. The lowest BCUT2D eigenvalue weighted by Gasteiger charge is -2.36. The zero-order chi connectivity index (χ0) is 23.2. The van der Waals surface area contributed by atoms with Gasteiger partial charge in [0.15, 0.2) is 0 Å². The standard InChI is InChI=1S/C23H25FN2O5S2/c1-15-2-7-20(8-3-15)33(28,29)30-12-19-11-25(23(27)31-19)16-6-9-22(21(24)10-16)26-17-4-5-18(26)14-32-13-17/h2-3,6-10,17-19H,4-5,11-14H2,1H3. The number of carbonyl (C=O) groups is 1. The van der Waals surface area contributed by atoms with Gasteiger partial charge in [0, 0.05) is 23.6 Å². The number of rotatable bonds is 6. The zero-order valence-electron chi connectivity index (χ0n) is 18.1. The third kappa shape index (κ3) is 4.43. The SMILES string of the molecule is Cc1ccc(S(=O)(=O)OCC2CN(c3ccc(N4C5CCC4CSC5)c(F)c3)C(=O)O2)cc1. The van der Waals surface area contributed by atoms with Gasteiger partial charge in [0.25, 0.3) is 10.1 Å². The monoisotopic (exact) mass is 492 g/mol. The first kappa shape index (κ1) is 22.5. The number of hydrogen-bond acceptors (Lipinski definition) is 7. The Bertz CT molecular complexity index is 1140. The van der Waals surface area contributed by atoms with E-state index in [9.17, 15) is 13.2 Å².